The summed E-state index contributed by atoms with van der Waals surface area (Å²) in [7, 11) is 0. The van der Waals surface area contributed by atoms with E-state index < -0.39 is 5.91 Å². The minimum Gasteiger partial charge on any atom is -0.366 e. The highest BCUT2D eigenvalue weighted by molar-refractivity contribution is 6.31. The predicted molar refractivity (Wildman–Crippen MR) is 94.8 cm³/mol. The van der Waals surface area contributed by atoms with Gasteiger partial charge < -0.3 is 16.4 Å². The summed E-state index contributed by atoms with van der Waals surface area (Å²) in [5, 5.41) is 5.47. The summed E-state index contributed by atoms with van der Waals surface area (Å²) in [5.74, 6) is -0.621. The molecule has 0 saturated carbocycles. The Morgan fingerprint density at radius 3 is 2.29 bits per heavy atom. The van der Waals surface area contributed by atoms with Crippen LogP contribution in [0.5, 0.6) is 0 Å². The van der Waals surface area contributed by atoms with Gasteiger partial charge in [0.2, 0.25) is 5.91 Å². The van der Waals surface area contributed by atoms with Crippen LogP contribution in [-0.2, 0) is 4.79 Å². The summed E-state index contributed by atoms with van der Waals surface area (Å²) >= 11 is 6.19. The van der Waals surface area contributed by atoms with E-state index >= 15 is 0 Å². The summed E-state index contributed by atoms with van der Waals surface area (Å²) < 4.78 is 0. The maximum Gasteiger partial charge on any atom is 0.282 e. The largest absolute Gasteiger partial charge is 0.366 e. The van der Waals surface area contributed by atoms with E-state index in [0.717, 1.165) is 5.56 Å². The first-order chi connectivity index (χ1) is 11.4. The minimum atomic E-state index is -0.497. The molecule has 0 aromatic heterocycles. The van der Waals surface area contributed by atoms with Crippen LogP contribution >= 0.6 is 11.6 Å². The molecule has 0 saturated heterocycles. The van der Waals surface area contributed by atoms with Gasteiger partial charge in [-0.3, -0.25) is 9.59 Å². The molecular weight excluding hydrogens is 326 g/mol. The fourth-order valence-electron chi connectivity index (χ4n) is 2.44. The SMILES string of the molecule is C[C@H]([NH2+][C@@H](C)c1ccccc1Cl)C(=O)Nc1ccc(C(N)=O)cc1. The molecule has 0 radical (unpaired) electrons. The standard InChI is InChI=1S/C18H20ClN3O2/c1-11(15-5-3-4-6-16(15)19)21-12(2)18(24)22-14-9-7-13(8-10-14)17(20)23/h3-12,21H,1-2H3,(H2,20,23)(H,22,24)/p+1/t11-,12-/m0/s1. The predicted octanol–water partition coefficient (Wildman–Crippen LogP) is 2.09. The number of nitrogens with two attached hydrogens (primary N) is 2. The number of hydrogen-bond donors (Lipinski definition) is 3. The first-order valence-electron chi connectivity index (χ1n) is 7.68. The molecule has 5 nitrogen and oxygen atoms in total. The average Bonchev–Trinajstić information content (AvgIpc) is 2.55. The average molecular weight is 347 g/mol. The minimum absolute atomic E-state index is 0.0525. The molecule has 126 valence electrons. The van der Waals surface area contributed by atoms with Gasteiger partial charge >= 0.3 is 0 Å². The first-order valence-corrected chi connectivity index (χ1v) is 8.06. The van der Waals surface area contributed by atoms with Gasteiger partial charge in [-0.15, -0.1) is 0 Å². The van der Waals surface area contributed by atoms with E-state index in [9.17, 15) is 9.59 Å². The summed E-state index contributed by atoms with van der Waals surface area (Å²) in [4.78, 5) is 23.4. The zero-order valence-corrected chi connectivity index (χ0v) is 14.4. The Kier molecular flexibility index (Phi) is 5.95. The Balaban J connectivity index is 1.97. The fraction of sp³-hybridized carbons (Fsp3) is 0.222. The number of halogens is 1. The van der Waals surface area contributed by atoms with Crippen molar-refractivity contribution in [3.63, 3.8) is 0 Å². The van der Waals surface area contributed by atoms with Gasteiger partial charge in [-0.1, -0.05) is 29.8 Å². The van der Waals surface area contributed by atoms with Crippen molar-refractivity contribution >= 4 is 29.1 Å². The maximum atomic E-state index is 12.3. The highest BCUT2D eigenvalue weighted by Crippen LogP contribution is 2.19. The lowest BCUT2D eigenvalue weighted by atomic mass is 10.1. The lowest BCUT2D eigenvalue weighted by molar-refractivity contribution is -0.709. The van der Waals surface area contributed by atoms with E-state index in [1.807, 2.05) is 43.4 Å². The summed E-state index contributed by atoms with van der Waals surface area (Å²) in [6, 6.07) is 13.8. The van der Waals surface area contributed by atoms with E-state index in [-0.39, 0.29) is 18.0 Å². The van der Waals surface area contributed by atoms with Crippen LogP contribution in [0.1, 0.15) is 35.8 Å². The second-order valence-electron chi connectivity index (χ2n) is 5.72. The van der Waals surface area contributed by atoms with Crippen molar-refractivity contribution in [2.45, 2.75) is 25.9 Å². The molecule has 2 atom stereocenters. The van der Waals surface area contributed by atoms with Crippen molar-refractivity contribution < 1.29 is 14.9 Å². The Morgan fingerprint density at radius 2 is 1.71 bits per heavy atom. The molecule has 0 spiro atoms. The summed E-state index contributed by atoms with van der Waals surface area (Å²) in [6.07, 6.45) is 0. The van der Waals surface area contributed by atoms with Crippen molar-refractivity contribution in [2.75, 3.05) is 5.32 Å². The van der Waals surface area contributed by atoms with Crippen molar-refractivity contribution in [2.24, 2.45) is 5.73 Å². The summed E-state index contributed by atoms with van der Waals surface area (Å²) in [6.45, 7) is 3.84. The molecule has 0 fully saturated rings. The molecule has 0 aliphatic carbocycles. The van der Waals surface area contributed by atoms with E-state index in [1.165, 1.54) is 0 Å². The summed E-state index contributed by atoms with van der Waals surface area (Å²) in [5.41, 5.74) is 7.21. The molecular formula is C18H21ClN3O2+. The molecule has 0 unspecified atom stereocenters. The first kappa shape index (κ1) is 18.0. The van der Waals surface area contributed by atoms with Gasteiger partial charge in [-0.05, 0) is 44.2 Å². The molecule has 0 aliphatic heterocycles. The lowest BCUT2D eigenvalue weighted by Crippen LogP contribution is -2.91. The van der Waals surface area contributed by atoms with Crippen LogP contribution in [-0.4, -0.2) is 17.9 Å². The Morgan fingerprint density at radius 1 is 1.08 bits per heavy atom. The maximum absolute atomic E-state index is 12.3. The number of quaternary nitrogens is 1. The number of rotatable bonds is 6. The third-order valence-electron chi connectivity index (χ3n) is 3.82. The topological polar surface area (TPSA) is 88.8 Å². The molecule has 2 aromatic rings. The molecule has 2 rings (SSSR count). The van der Waals surface area contributed by atoms with Crippen LogP contribution < -0.4 is 16.4 Å². The molecule has 5 N–H and O–H groups in total. The number of hydrogen-bond acceptors (Lipinski definition) is 2. The monoisotopic (exact) mass is 346 g/mol. The van der Waals surface area contributed by atoms with E-state index in [1.54, 1.807) is 24.3 Å². The normalized spacial score (nSPS) is 13.1. The van der Waals surface area contributed by atoms with Crippen molar-refractivity contribution in [1.29, 1.82) is 0 Å². The van der Waals surface area contributed by atoms with E-state index in [2.05, 4.69) is 5.32 Å². The van der Waals surface area contributed by atoms with Crippen molar-refractivity contribution in [3.8, 4) is 0 Å². The number of anilines is 1. The van der Waals surface area contributed by atoms with Gasteiger partial charge in [0, 0.05) is 21.8 Å². The third-order valence-corrected chi connectivity index (χ3v) is 4.17. The number of amides is 2. The number of benzene rings is 2. The van der Waals surface area contributed by atoms with Crippen LogP contribution in [0.15, 0.2) is 48.5 Å². The third kappa shape index (κ3) is 4.57. The highest BCUT2D eigenvalue weighted by Gasteiger charge is 2.21. The number of carbonyl (C=O) groups is 2. The van der Waals surface area contributed by atoms with Gasteiger partial charge in [0.1, 0.15) is 6.04 Å². The van der Waals surface area contributed by atoms with Gasteiger partial charge in [0.15, 0.2) is 6.04 Å². The molecule has 0 bridgehead atoms. The molecule has 0 heterocycles. The lowest BCUT2D eigenvalue weighted by Gasteiger charge is -2.17. The van der Waals surface area contributed by atoms with E-state index in [4.69, 9.17) is 17.3 Å². The van der Waals surface area contributed by atoms with E-state index in [0.29, 0.717) is 16.3 Å². The molecule has 2 aromatic carbocycles. The Labute approximate surface area is 146 Å². The second kappa shape index (κ2) is 7.95. The number of nitrogens with one attached hydrogen (secondary N) is 1. The Bertz CT molecular complexity index is 731. The van der Waals surface area contributed by atoms with Gasteiger partial charge in [0.25, 0.3) is 5.91 Å². The number of primary amides is 1. The number of carbonyl (C=O) groups excluding carboxylic acids is 2. The highest BCUT2D eigenvalue weighted by atomic mass is 35.5. The van der Waals surface area contributed by atoms with Crippen LogP contribution in [0.2, 0.25) is 5.02 Å². The Hall–Kier alpha value is -2.37. The molecule has 24 heavy (non-hydrogen) atoms. The smallest absolute Gasteiger partial charge is 0.282 e. The second-order valence-corrected chi connectivity index (χ2v) is 6.13. The molecule has 0 aliphatic rings. The quantitative estimate of drug-likeness (QED) is 0.747. The molecule has 6 heteroatoms. The zero-order valence-electron chi connectivity index (χ0n) is 13.6. The zero-order chi connectivity index (χ0) is 17.7. The molecule has 2 amide bonds. The van der Waals surface area contributed by atoms with Gasteiger partial charge in [0.05, 0.1) is 0 Å². The van der Waals surface area contributed by atoms with Crippen LogP contribution in [0.25, 0.3) is 0 Å². The van der Waals surface area contributed by atoms with Crippen molar-refractivity contribution in [3.05, 3.63) is 64.7 Å². The van der Waals surface area contributed by atoms with Crippen molar-refractivity contribution in [1.82, 2.24) is 0 Å². The van der Waals surface area contributed by atoms with Gasteiger partial charge in [-0.2, -0.15) is 0 Å². The van der Waals surface area contributed by atoms with Crippen LogP contribution in [0, 0.1) is 0 Å². The van der Waals surface area contributed by atoms with Crippen LogP contribution in [0.3, 0.4) is 0 Å². The fourth-order valence-corrected chi connectivity index (χ4v) is 2.75. The van der Waals surface area contributed by atoms with Crippen LogP contribution in [0.4, 0.5) is 5.69 Å². The van der Waals surface area contributed by atoms with Gasteiger partial charge in [-0.25, -0.2) is 0 Å².